The summed E-state index contributed by atoms with van der Waals surface area (Å²) in [6.45, 7) is 0.601. The second-order valence-electron chi connectivity index (χ2n) is 6.00. The Bertz CT molecular complexity index is 1120. The van der Waals surface area contributed by atoms with Gasteiger partial charge in [-0.1, -0.05) is 12.1 Å². The number of carbonyl (C=O) groups is 1. The zero-order valence-electron chi connectivity index (χ0n) is 15.0. The van der Waals surface area contributed by atoms with Gasteiger partial charge in [-0.2, -0.15) is 0 Å². The lowest BCUT2D eigenvalue weighted by Gasteiger charge is -2.09. The predicted octanol–water partition coefficient (Wildman–Crippen LogP) is 3.29. The third-order valence-corrected chi connectivity index (χ3v) is 4.37. The molecule has 0 bridgehead atoms. The normalized spacial score (nSPS) is 10.9. The van der Waals surface area contributed by atoms with Crippen LogP contribution in [-0.4, -0.2) is 34.6 Å². The van der Waals surface area contributed by atoms with Crippen molar-refractivity contribution in [2.75, 3.05) is 19.5 Å². The van der Waals surface area contributed by atoms with Gasteiger partial charge in [-0.05, 0) is 35.9 Å². The van der Waals surface area contributed by atoms with Crippen molar-refractivity contribution < 1.29 is 14.3 Å². The molecule has 1 N–H and O–H groups in total. The van der Waals surface area contributed by atoms with Gasteiger partial charge >= 0.3 is 5.97 Å². The van der Waals surface area contributed by atoms with E-state index in [-0.39, 0.29) is 5.97 Å². The van der Waals surface area contributed by atoms with Gasteiger partial charge in [0.25, 0.3) is 0 Å². The molecule has 0 aliphatic rings. The molecule has 2 aromatic carbocycles. The molecule has 0 aliphatic heterocycles. The quantitative estimate of drug-likeness (QED) is 0.549. The van der Waals surface area contributed by atoms with Crippen LogP contribution < -0.4 is 10.1 Å². The Kier molecular flexibility index (Phi) is 4.33. The van der Waals surface area contributed by atoms with Crippen LogP contribution in [0.2, 0.25) is 0 Å². The fourth-order valence-electron chi connectivity index (χ4n) is 2.95. The highest BCUT2D eigenvalue weighted by Gasteiger charge is 2.12. The molecule has 0 unspecified atom stereocenters. The molecule has 2 aromatic heterocycles. The van der Waals surface area contributed by atoms with Crippen LogP contribution >= 0.6 is 0 Å². The minimum Gasteiger partial charge on any atom is -0.497 e. The molecule has 0 atom stereocenters. The molecule has 27 heavy (non-hydrogen) atoms. The maximum absolute atomic E-state index is 11.9. The minimum absolute atomic E-state index is 0.387. The Morgan fingerprint density at radius 2 is 1.85 bits per heavy atom. The number of rotatable bonds is 5. The molecule has 4 aromatic rings. The first-order chi connectivity index (χ1) is 13.2. The van der Waals surface area contributed by atoms with Crippen molar-refractivity contribution in [1.82, 2.24) is 14.4 Å². The summed E-state index contributed by atoms with van der Waals surface area (Å²) in [5.74, 6) is 1.11. The number of aromatic nitrogens is 3. The summed E-state index contributed by atoms with van der Waals surface area (Å²) in [6.07, 6.45) is 3.50. The molecular formula is C20H18N4O3. The number of nitrogens with zero attached hydrogens (tertiary/aromatic N) is 3. The van der Waals surface area contributed by atoms with E-state index in [9.17, 15) is 4.79 Å². The second-order valence-corrected chi connectivity index (χ2v) is 6.00. The molecule has 0 amide bonds. The van der Waals surface area contributed by atoms with Crippen LogP contribution in [0.5, 0.6) is 5.75 Å². The summed E-state index contributed by atoms with van der Waals surface area (Å²) in [5.41, 5.74) is 3.95. The Hall–Kier alpha value is -3.61. The summed E-state index contributed by atoms with van der Waals surface area (Å²) in [6, 6.07) is 13.1. The summed E-state index contributed by atoms with van der Waals surface area (Å²) >= 11 is 0. The number of methoxy groups -OCH3 is 2. The zero-order chi connectivity index (χ0) is 18.8. The first-order valence-corrected chi connectivity index (χ1v) is 8.41. The van der Waals surface area contributed by atoms with E-state index in [0.29, 0.717) is 18.1 Å². The highest BCUT2D eigenvalue weighted by Crippen LogP contribution is 2.22. The third kappa shape index (κ3) is 3.15. The molecule has 0 fully saturated rings. The molecule has 0 spiro atoms. The molecule has 7 heteroatoms. The topological polar surface area (TPSA) is 77.8 Å². The van der Waals surface area contributed by atoms with E-state index in [0.717, 1.165) is 27.9 Å². The molecule has 0 aliphatic carbocycles. The maximum atomic E-state index is 11.9. The van der Waals surface area contributed by atoms with Gasteiger partial charge in [0.05, 0.1) is 48.7 Å². The molecule has 4 rings (SSSR count). The SMILES string of the molecule is COC(=O)c1ccc2ncc3cnc(NCc4ccc(OC)cc4)n3c2c1. The standard InChI is InChI=1S/C20H18N4O3/c1-26-16-6-3-13(4-7-16)10-22-20-23-12-15-11-21-17-8-5-14(19(25)27-2)9-18(17)24(15)20/h3-9,11-12H,10H2,1-2H3,(H,22,23). The first kappa shape index (κ1) is 16.8. The average Bonchev–Trinajstić information content (AvgIpc) is 3.15. The lowest BCUT2D eigenvalue weighted by molar-refractivity contribution is 0.0601. The number of carbonyl (C=O) groups excluding carboxylic acids is 1. The lowest BCUT2D eigenvalue weighted by atomic mass is 10.2. The summed E-state index contributed by atoms with van der Waals surface area (Å²) in [5, 5.41) is 3.34. The molecule has 0 saturated carbocycles. The Morgan fingerprint density at radius 3 is 2.59 bits per heavy atom. The Balaban J connectivity index is 1.71. The van der Waals surface area contributed by atoms with E-state index >= 15 is 0 Å². The molecule has 2 heterocycles. The number of ether oxygens (including phenoxy) is 2. The van der Waals surface area contributed by atoms with E-state index in [1.165, 1.54) is 7.11 Å². The number of fused-ring (bicyclic) bond motifs is 3. The minimum atomic E-state index is -0.387. The molecule has 0 saturated heterocycles. The number of benzene rings is 2. The highest BCUT2D eigenvalue weighted by molar-refractivity contribution is 5.94. The van der Waals surface area contributed by atoms with Crippen LogP contribution in [-0.2, 0) is 11.3 Å². The Morgan fingerprint density at radius 1 is 1.07 bits per heavy atom. The van der Waals surface area contributed by atoms with Crippen molar-refractivity contribution in [3.8, 4) is 5.75 Å². The predicted molar refractivity (Wildman–Crippen MR) is 102 cm³/mol. The van der Waals surface area contributed by atoms with Crippen molar-refractivity contribution in [3.05, 3.63) is 66.0 Å². The van der Waals surface area contributed by atoms with Gasteiger partial charge < -0.3 is 14.8 Å². The van der Waals surface area contributed by atoms with Gasteiger partial charge in [0.15, 0.2) is 0 Å². The van der Waals surface area contributed by atoms with Crippen LogP contribution in [0.3, 0.4) is 0 Å². The number of imidazole rings is 1. The molecular weight excluding hydrogens is 344 g/mol. The second kappa shape index (κ2) is 6.95. The van der Waals surface area contributed by atoms with E-state index < -0.39 is 0 Å². The third-order valence-electron chi connectivity index (χ3n) is 4.37. The van der Waals surface area contributed by atoms with E-state index in [1.807, 2.05) is 28.7 Å². The van der Waals surface area contributed by atoms with E-state index in [2.05, 4.69) is 15.3 Å². The van der Waals surface area contributed by atoms with Gasteiger partial charge in [0, 0.05) is 6.54 Å². The summed E-state index contributed by atoms with van der Waals surface area (Å²) in [4.78, 5) is 20.8. The van der Waals surface area contributed by atoms with Crippen molar-refractivity contribution in [2.45, 2.75) is 6.54 Å². The maximum Gasteiger partial charge on any atom is 0.337 e. The molecule has 0 radical (unpaired) electrons. The van der Waals surface area contributed by atoms with Crippen LogP contribution in [0.25, 0.3) is 16.6 Å². The van der Waals surface area contributed by atoms with Gasteiger partial charge in [0.2, 0.25) is 5.95 Å². The van der Waals surface area contributed by atoms with Gasteiger partial charge in [-0.25, -0.2) is 9.78 Å². The smallest absolute Gasteiger partial charge is 0.337 e. The number of nitrogens with one attached hydrogen (secondary N) is 1. The summed E-state index contributed by atoms with van der Waals surface area (Å²) in [7, 11) is 3.01. The average molecular weight is 362 g/mol. The van der Waals surface area contributed by atoms with Crippen LogP contribution in [0, 0.1) is 0 Å². The lowest BCUT2D eigenvalue weighted by Crippen LogP contribution is -2.06. The van der Waals surface area contributed by atoms with Gasteiger partial charge in [-0.15, -0.1) is 0 Å². The Labute approximate surface area is 155 Å². The number of hydrogen-bond donors (Lipinski definition) is 1. The molecule has 136 valence electrons. The van der Waals surface area contributed by atoms with Crippen LogP contribution in [0.1, 0.15) is 15.9 Å². The van der Waals surface area contributed by atoms with Crippen LogP contribution in [0.4, 0.5) is 5.95 Å². The van der Waals surface area contributed by atoms with E-state index in [1.54, 1.807) is 37.7 Å². The number of anilines is 1. The van der Waals surface area contributed by atoms with Gasteiger partial charge in [-0.3, -0.25) is 9.38 Å². The highest BCUT2D eigenvalue weighted by atomic mass is 16.5. The van der Waals surface area contributed by atoms with Crippen molar-refractivity contribution in [1.29, 1.82) is 0 Å². The van der Waals surface area contributed by atoms with Crippen LogP contribution in [0.15, 0.2) is 54.9 Å². The largest absolute Gasteiger partial charge is 0.497 e. The van der Waals surface area contributed by atoms with E-state index in [4.69, 9.17) is 9.47 Å². The fourth-order valence-corrected chi connectivity index (χ4v) is 2.95. The monoisotopic (exact) mass is 362 g/mol. The first-order valence-electron chi connectivity index (χ1n) is 8.41. The number of hydrogen-bond acceptors (Lipinski definition) is 6. The van der Waals surface area contributed by atoms with Crippen molar-refractivity contribution in [3.63, 3.8) is 0 Å². The summed E-state index contributed by atoms with van der Waals surface area (Å²) < 4.78 is 11.9. The van der Waals surface area contributed by atoms with Gasteiger partial charge in [0.1, 0.15) is 5.75 Å². The zero-order valence-corrected chi connectivity index (χ0v) is 15.0. The fraction of sp³-hybridized carbons (Fsp3) is 0.150. The van der Waals surface area contributed by atoms with Crippen molar-refractivity contribution >= 4 is 28.5 Å². The van der Waals surface area contributed by atoms with Crippen molar-refractivity contribution in [2.24, 2.45) is 0 Å². The molecule has 7 nitrogen and oxygen atoms in total. The number of esters is 1.